The lowest BCUT2D eigenvalue weighted by Gasteiger charge is -2.41. The van der Waals surface area contributed by atoms with Crippen molar-refractivity contribution in [2.45, 2.75) is 59.8 Å². The van der Waals surface area contributed by atoms with E-state index in [0.717, 1.165) is 39.4 Å². The van der Waals surface area contributed by atoms with Crippen LogP contribution in [0.25, 0.3) is 33.3 Å². The van der Waals surface area contributed by atoms with Crippen LogP contribution in [0.1, 0.15) is 67.0 Å². The Morgan fingerprint density at radius 3 is 2.24 bits per heavy atom. The number of aromatic hydroxyl groups is 1. The van der Waals surface area contributed by atoms with Gasteiger partial charge < -0.3 is 5.11 Å². The molecule has 0 fully saturated rings. The van der Waals surface area contributed by atoms with Crippen LogP contribution in [-0.4, -0.2) is 15.1 Å². The number of hydrogen-bond acceptors (Lipinski definition) is 4. The zero-order valence-electron chi connectivity index (χ0n) is 27.1. The van der Waals surface area contributed by atoms with Crippen molar-refractivity contribution in [1.82, 2.24) is 9.97 Å². The van der Waals surface area contributed by atoms with E-state index in [9.17, 15) is 5.11 Å². The highest BCUT2D eigenvalue weighted by Gasteiger charge is 2.37. The maximum atomic E-state index is 11.0. The van der Waals surface area contributed by atoms with E-state index in [1.165, 1.54) is 38.9 Å². The van der Waals surface area contributed by atoms with Crippen LogP contribution < -0.4 is 4.90 Å². The number of hydrogen-bond donors (Lipinski definition) is 1. The van der Waals surface area contributed by atoms with Crippen LogP contribution in [0.2, 0.25) is 0 Å². The van der Waals surface area contributed by atoms with Crippen molar-refractivity contribution in [1.29, 1.82) is 0 Å². The molecule has 0 bridgehead atoms. The molecule has 3 heterocycles. The van der Waals surface area contributed by atoms with Gasteiger partial charge in [0.25, 0.3) is 0 Å². The number of pyridine rings is 2. The quantitative estimate of drug-likeness (QED) is 0.222. The first kappa shape index (κ1) is 28.8. The van der Waals surface area contributed by atoms with Crippen molar-refractivity contribution in [3.05, 3.63) is 131 Å². The van der Waals surface area contributed by atoms with Gasteiger partial charge in [0.2, 0.25) is 0 Å². The number of phenolic OH excluding ortho intramolecular Hbond substituents is 1. The molecule has 4 heteroatoms. The number of para-hydroxylation sites is 1. The normalized spacial score (nSPS) is 13.6. The molecule has 0 saturated heterocycles. The van der Waals surface area contributed by atoms with Crippen molar-refractivity contribution >= 4 is 28.1 Å². The molecule has 6 aromatic rings. The minimum absolute atomic E-state index is 0.183. The first-order valence-electron chi connectivity index (χ1n) is 15.8. The maximum Gasteiger partial charge on any atom is 0.141 e. The fourth-order valence-corrected chi connectivity index (χ4v) is 7.23. The van der Waals surface area contributed by atoms with Gasteiger partial charge in [-0.2, -0.15) is 0 Å². The minimum atomic E-state index is -0.204. The van der Waals surface area contributed by atoms with Crippen LogP contribution in [0.4, 0.5) is 17.2 Å². The Balaban J connectivity index is 1.41. The molecule has 0 radical (unpaired) electrons. The van der Waals surface area contributed by atoms with Crippen LogP contribution in [0, 0.1) is 20.8 Å². The number of phenols is 1. The predicted molar refractivity (Wildman–Crippen MR) is 187 cm³/mol. The smallest absolute Gasteiger partial charge is 0.141 e. The standard InChI is InChI=1S/C41H39N3O/c1-24(2)28-18-19-42-38(23-28)44-35-11-9-8-10-32(35)41(6,7)33-15-12-29(22-36(33)44)34-16-13-31-30(14-17-37(45)40(31)43-34)39-26(4)20-25(3)21-27(39)5/h8-24,45H,1-7H3. The average Bonchev–Trinajstić information content (AvgIpc) is 3.01. The zero-order valence-corrected chi connectivity index (χ0v) is 27.1. The number of rotatable bonds is 4. The molecule has 1 aliphatic rings. The molecule has 7 rings (SSSR count). The van der Waals surface area contributed by atoms with Crippen LogP contribution >= 0.6 is 0 Å². The average molecular weight is 590 g/mol. The minimum Gasteiger partial charge on any atom is -0.506 e. The molecule has 0 amide bonds. The van der Waals surface area contributed by atoms with Crippen LogP contribution in [0.5, 0.6) is 5.75 Å². The van der Waals surface area contributed by atoms with Gasteiger partial charge in [-0.25, -0.2) is 9.97 Å². The number of aryl methyl sites for hydroxylation is 3. The van der Waals surface area contributed by atoms with Gasteiger partial charge in [0.1, 0.15) is 17.1 Å². The molecule has 1 N–H and O–H groups in total. The fraction of sp³-hybridized carbons (Fsp3) is 0.220. The van der Waals surface area contributed by atoms with E-state index in [0.29, 0.717) is 11.4 Å². The van der Waals surface area contributed by atoms with Gasteiger partial charge in [0, 0.05) is 22.6 Å². The fourth-order valence-electron chi connectivity index (χ4n) is 7.23. The number of aromatic nitrogens is 2. The topological polar surface area (TPSA) is 49.3 Å². The van der Waals surface area contributed by atoms with Crippen LogP contribution in [0.15, 0.2) is 97.2 Å². The summed E-state index contributed by atoms with van der Waals surface area (Å²) in [6.45, 7) is 15.5. The Morgan fingerprint density at radius 1 is 0.756 bits per heavy atom. The van der Waals surface area contributed by atoms with Crippen molar-refractivity contribution in [3.8, 4) is 28.1 Å². The van der Waals surface area contributed by atoms with Gasteiger partial charge in [-0.3, -0.25) is 4.90 Å². The molecule has 2 aromatic heterocycles. The molecule has 0 aliphatic carbocycles. The molecule has 4 aromatic carbocycles. The van der Waals surface area contributed by atoms with Crippen LogP contribution in [0.3, 0.4) is 0 Å². The lowest BCUT2D eigenvalue weighted by molar-refractivity contribution is 0.480. The van der Waals surface area contributed by atoms with E-state index in [4.69, 9.17) is 9.97 Å². The second-order valence-corrected chi connectivity index (χ2v) is 13.3. The largest absolute Gasteiger partial charge is 0.506 e. The van der Waals surface area contributed by atoms with Crippen molar-refractivity contribution in [3.63, 3.8) is 0 Å². The van der Waals surface area contributed by atoms with Gasteiger partial charge in [-0.05, 0) is 114 Å². The first-order valence-corrected chi connectivity index (χ1v) is 15.8. The van der Waals surface area contributed by atoms with Gasteiger partial charge in [-0.1, -0.05) is 75.7 Å². The van der Waals surface area contributed by atoms with Crippen molar-refractivity contribution in [2.24, 2.45) is 0 Å². The summed E-state index contributed by atoms with van der Waals surface area (Å²) < 4.78 is 0. The summed E-state index contributed by atoms with van der Waals surface area (Å²) in [5, 5.41) is 12.0. The van der Waals surface area contributed by atoms with Gasteiger partial charge in [0.05, 0.1) is 17.1 Å². The Hall–Kier alpha value is -4.96. The highest BCUT2D eigenvalue weighted by molar-refractivity contribution is 6.00. The van der Waals surface area contributed by atoms with E-state index in [1.54, 1.807) is 6.07 Å². The summed E-state index contributed by atoms with van der Waals surface area (Å²) in [7, 11) is 0. The Kier molecular flexibility index (Phi) is 6.77. The molecular formula is C41H39N3O. The van der Waals surface area contributed by atoms with E-state index < -0.39 is 0 Å². The third-order valence-electron chi connectivity index (χ3n) is 9.47. The van der Waals surface area contributed by atoms with Gasteiger partial charge >= 0.3 is 0 Å². The molecule has 0 saturated carbocycles. The van der Waals surface area contributed by atoms with Crippen LogP contribution in [-0.2, 0) is 5.41 Å². The third kappa shape index (κ3) is 4.67. The Labute approximate surface area is 266 Å². The molecule has 45 heavy (non-hydrogen) atoms. The number of nitrogens with zero attached hydrogens (tertiary/aromatic N) is 3. The summed E-state index contributed by atoms with van der Waals surface area (Å²) >= 11 is 0. The molecule has 224 valence electrons. The molecule has 4 nitrogen and oxygen atoms in total. The summed E-state index contributed by atoms with van der Waals surface area (Å²) in [6, 6.07) is 32.0. The number of anilines is 3. The van der Waals surface area contributed by atoms with E-state index >= 15 is 0 Å². The van der Waals surface area contributed by atoms with E-state index in [1.807, 2.05) is 12.3 Å². The Bertz CT molecular complexity index is 2100. The Morgan fingerprint density at radius 2 is 1.49 bits per heavy atom. The van der Waals surface area contributed by atoms with Crippen molar-refractivity contribution in [2.75, 3.05) is 4.90 Å². The highest BCUT2D eigenvalue weighted by Crippen LogP contribution is 2.52. The summed E-state index contributed by atoms with van der Waals surface area (Å²) in [6.07, 6.45) is 1.92. The number of fused-ring (bicyclic) bond motifs is 3. The second-order valence-electron chi connectivity index (χ2n) is 13.3. The summed E-state index contributed by atoms with van der Waals surface area (Å²) in [5.41, 5.74) is 14.2. The third-order valence-corrected chi connectivity index (χ3v) is 9.47. The monoisotopic (exact) mass is 589 g/mol. The summed E-state index contributed by atoms with van der Waals surface area (Å²) in [4.78, 5) is 12.3. The van der Waals surface area contributed by atoms with Crippen molar-refractivity contribution < 1.29 is 5.11 Å². The maximum absolute atomic E-state index is 11.0. The molecule has 0 spiro atoms. The highest BCUT2D eigenvalue weighted by atomic mass is 16.3. The second kappa shape index (κ2) is 10.6. The van der Waals surface area contributed by atoms with Gasteiger partial charge in [0.15, 0.2) is 0 Å². The first-order chi connectivity index (χ1) is 21.5. The molecule has 0 atom stereocenters. The zero-order chi connectivity index (χ0) is 31.6. The SMILES string of the molecule is Cc1cc(C)c(-c2ccc(O)c3nc(-c4ccc5c(c4)N(c4cc(C(C)C)ccn4)c4ccccc4C5(C)C)ccc23)c(C)c1. The van der Waals surface area contributed by atoms with E-state index in [-0.39, 0.29) is 11.2 Å². The molecular weight excluding hydrogens is 550 g/mol. The van der Waals surface area contributed by atoms with E-state index in [2.05, 4.69) is 132 Å². The summed E-state index contributed by atoms with van der Waals surface area (Å²) in [5.74, 6) is 1.48. The molecule has 1 aliphatic heterocycles. The lowest BCUT2D eigenvalue weighted by atomic mass is 9.73. The molecule has 0 unspecified atom stereocenters. The predicted octanol–water partition coefficient (Wildman–Crippen LogP) is 10.8. The number of benzene rings is 4. The lowest BCUT2D eigenvalue weighted by Crippen LogP contribution is -2.31. The van der Waals surface area contributed by atoms with Gasteiger partial charge in [-0.15, -0.1) is 0 Å².